The van der Waals surface area contributed by atoms with E-state index in [0.717, 1.165) is 49.2 Å². The number of aryl methyl sites for hydroxylation is 2. The number of fused-ring (bicyclic) bond motifs is 1. The van der Waals surface area contributed by atoms with Crippen molar-refractivity contribution in [3.05, 3.63) is 53.7 Å². The number of nitrogens with one attached hydrogen (secondary N) is 2. The quantitative estimate of drug-likeness (QED) is 0.650. The van der Waals surface area contributed by atoms with Crippen LogP contribution in [0.3, 0.4) is 0 Å². The van der Waals surface area contributed by atoms with E-state index in [1.54, 1.807) is 0 Å². The third-order valence-corrected chi connectivity index (χ3v) is 5.36. The van der Waals surface area contributed by atoms with Crippen molar-refractivity contribution in [2.45, 2.75) is 45.1 Å². The molecule has 146 valence electrons. The maximum Gasteiger partial charge on any atom is 0.220 e. The van der Waals surface area contributed by atoms with Crippen LogP contribution in [0.1, 0.15) is 36.8 Å². The van der Waals surface area contributed by atoms with E-state index in [4.69, 9.17) is 4.74 Å². The van der Waals surface area contributed by atoms with Crippen molar-refractivity contribution >= 4 is 16.8 Å². The Bertz CT molecular complexity index is 943. The predicted molar refractivity (Wildman–Crippen MR) is 111 cm³/mol. The van der Waals surface area contributed by atoms with Crippen LogP contribution >= 0.6 is 0 Å². The highest BCUT2D eigenvalue weighted by molar-refractivity contribution is 5.90. The zero-order chi connectivity index (χ0) is 19.3. The molecular weight excluding hydrogens is 350 g/mol. The Balaban J connectivity index is 1.46. The normalized spacial score (nSPS) is 16.5. The summed E-state index contributed by atoms with van der Waals surface area (Å²) < 4.78 is 5.57. The lowest BCUT2D eigenvalue weighted by Gasteiger charge is -2.11. The fourth-order valence-electron chi connectivity index (χ4n) is 3.90. The summed E-state index contributed by atoms with van der Waals surface area (Å²) in [6.07, 6.45) is 6.30. The molecule has 5 nitrogen and oxygen atoms in total. The second-order valence-corrected chi connectivity index (χ2v) is 7.54. The maximum atomic E-state index is 12.2. The number of H-pyrrole nitrogens is 1. The van der Waals surface area contributed by atoms with E-state index in [9.17, 15) is 4.79 Å². The average molecular weight is 377 g/mol. The molecule has 3 heterocycles. The summed E-state index contributed by atoms with van der Waals surface area (Å²) in [7, 11) is 0. The first kappa shape index (κ1) is 18.7. The SMILES string of the molecule is Cc1ccc2[nH]c(-c3ccccn3)c(CCCC(=O)NCC3CCCO3)c2c1. The number of aromatic amines is 1. The van der Waals surface area contributed by atoms with Gasteiger partial charge in [0.15, 0.2) is 0 Å². The van der Waals surface area contributed by atoms with Gasteiger partial charge in [0, 0.05) is 36.7 Å². The number of pyridine rings is 1. The van der Waals surface area contributed by atoms with Crippen molar-refractivity contribution in [3.8, 4) is 11.4 Å². The van der Waals surface area contributed by atoms with E-state index < -0.39 is 0 Å². The molecule has 0 saturated carbocycles. The first-order valence-electron chi connectivity index (χ1n) is 10.1. The van der Waals surface area contributed by atoms with Crippen LogP contribution in [-0.4, -0.2) is 35.1 Å². The highest BCUT2D eigenvalue weighted by Crippen LogP contribution is 2.31. The van der Waals surface area contributed by atoms with Gasteiger partial charge in [-0.3, -0.25) is 9.78 Å². The number of hydrogen-bond donors (Lipinski definition) is 2. The maximum absolute atomic E-state index is 12.2. The van der Waals surface area contributed by atoms with Crippen LogP contribution in [0.25, 0.3) is 22.3 Å². The molecule has 1 fully saturated rings. The van der Waals surface area contributed by atoms with E-state index >= 15 is 0 Å². The summed E-state index contributed by atoms with van der Waals surface area (Å²) in [5.74, 6) is 0.103. The van der Waals surface area contributed by atoms with Crippen molar-refractivity contribution in [1.82, 2.24) is 15.3 Å². The van der Waals surface area contributed by atoms with E-state index in [2.05, 4.69) is 40.4 Å². The van der Waals surface area contributed by atoms with Crippen LogP contribution in [0.5, 0.6) is 0 Å². The van der Waals surface area contributed by atoms with E-state index in [-0.39, 0.29) is 12.0 Å². The van der Waals surface area contributed by atoms with E-state index in [1.165, 1.54) is 16.5 Å². The van der Waals surface area contributed by atoms with E-state index in [0.29, 0.717) is 13.0 Å². The average Bonchev–Trinajstić information content (AvgIpc) is 3.35. The molecule has 5 heteroatoms. The zero-order valence-electron chi connectivity index (χ0n) is 16.3. The molecule has 1 amide bonds. The molecule has 0 spiro atoms. The minimum absolute atomic E-state index is 0.103. The summed E-state index contributed by atoms with van der Waals surface area (Å²) in [5, 5.41) is 4.24. The molecule has 0 bridgehead atoms. The van der Waals surface area contributed by atoms with Crippen LogP contribution in [0.4, 0.5) is 0 Å². The number of rotatable bonds is 7. The van der Waals surface area contributed by atoms with Gasteiger partial charge < -0.3 is 15.0 Å². The number of aromatic nitrogens is 2. The van der Waals surface area contributed by atoms with Gasteiger partial charge in [0.2, 0.25) is 5.91 Å². The molecule has 1 aliphatic heterocycles. The van der Waals surface area contributed by atoms with Crippen LogP contribution in [0.15, 0.2) is 42.6 Å². The lowest BCUT2D eigenvalue weighted by atomic mass is 10.0. The molecular formula is C23H27N3O2. The topological polar surface area (TPSA) is 67.0 Å². The molecule has 1 aromatic carbocycles. The standard InChI is InChI=1S/C23H27N3O2/c1-16-10-11-20-19(14-16)18(23(26-20)21-8-2-3-12-24-21)7-4-9-22(27)25-15-17-6-5-13-28-17/h2-3,8,10-12,14,17,26H,4-7,9,13,15H2,1H3,(H,25,27). The Morgan fingerprint density at radius 3 is 3.04 bits per heavy atom. The lowest BCUT2D eigenvalue weighted by molar-refractivity contribution is -0.121. The largest absolute Gasteiger partial charge is 0.376 e. The summed E-state index contributed by atoms with van der Waals surface area (Å²) in [5.41, 5.74) is 5.58. The number of carbonyl (C=O) groups excluding carboxylic acids is 1. The van der Waals surface area contributed by atoms with Gasteiger partial charge >= 0.3 is 0 Å². The molecule has 2 aromatic heterocycles. The number of carbonyl (C=O) groups is 1. The molecule has 28 heavy (non-hydrogen) atoms. The molecule has 1 unspecified atom stereocenters. The minimum Gasteiger partial charge on any atom is -0.376 e. The molecule has 2 N–H and O–H groups in total. The Morgan fingerprint density at radius 2 is 2.25 bits per heavy atom. The Hall–Kier alpha value is -2.66. The van der Waals surface area contributed by atoms with Crippen LogP contribution in [0.2, 0.25) is 0 Å². The molecule has 1 saturated heterocycles. The van der Waals surface area contributed by atoms with Gasteiger partial charge in [-0.25, -0.2) is 0 Å². The first-order chi connectivity index (χ1) is 13.7. The lowest BCUT2D eigenvalue weighted by Crippen LogP contribution is -2.31. The van der Waals surface area contributed by atoms with Crippen molar-refractivity contribution in [2.24, 2.45) is 0 Å². The van der Waals surface area contributed by atoms with Crippen molar-refractivity contribution in [1.29, 1.82) is 0 Å². The number of ether oxygens (including phenoxy) is 1. The van der Waals surface area contributed by atoms with Gasteiger partial charge in [0.05, 0.1) is 17.5 Å². The third kappa shape index (κ3) is 4.25. The Labute approximate surface area is 165 Å². The second-order valence-electron chi connectivity index (χ2n) is 7.54. The van der Waals surface area contributed by atoms with Crippen molar-refractivity contribution < 1.29 is 9.53 Å². The Morgan fingerprint density at radius 1 is 1.32 bits per heavy atom. The Kier molecular flexibility index (Phi) is 5.72. The highest BCUT2D eigenvalue weighted by atomic mass is 16.5. The third-order valence-electron chi connectivity index (χ3n) is 5.36. The second kappa shape index (κ2) is 8.57. The molecule has 4 rings (SSSR count). The van der Waals surface area contributed by atoms with Gasteiger partial charge in [-0.05, 0) is 62.4 Å². The predicted octanol–water partition coefficient (Wildman–Crippen LogP) is 4.16. The smallest absolute Gasteiger partial charge is 0.220 e. The highest BCUT2D eigenvalue weighted by Gasteiger charge is 2.17. The minimum atomic E-state index is 0.103. The van der Waals surface area contributed by atoms with Crippen molar-refractivity contribution in [2.75, 3.05) is 13.2 Å². The summed E-state index contributed by atoms with van der Waals surface area (Å²) >= 11 is 0. The van der Waals surface area contributed by atoms with Gasteiger partial charge in [-0.1, -0.05) is 17.7 Å². The number of hydrogen-bond acceptors (Lipinski definition) is 3. The van der Waals surface area contributed by atoms with E-state index in [1.807, 2.05) is 24.4 Å². The summed E-state index contributed by atoms with van der Waals surface area (Å²) in [4.78, 5) is 20.3. The van der Waals surface area contributed by atoms with Gasteiger partial charge in [0.25, 0.3) is 0 Å². The summed E-state index contributed by atoms with van der Waals surface area (Å²) in [6, 6.07) is 12.4. The molecule has 1 atom stereocenters. The fraction of sp³-hybridized carbons (Fsp3) is 0.391. The first-order valence-corrected chi connectivity index (χ1v) is 10.1. The zero-order valence-corrected chi connectivity index (χ0v) is 16.3. The van der Waals surface area contributed by atoms with Gasteiger partial charge in [0.1, 0.15) is 0 Å². The molecule has 0 radical (unpaired) electrons. The fourth-order valence-corrected chi connectivity index (χ4v) is 3.90. The van der Waals surface area contributed by atoms with Crippen LogP contribution in [0, 0.1) is 6.92 Å². The molecule has 1 aliphatic rings. The van der Waals surface area contributed by atoms with Crippen molar-refractivity contribution in [3.63, 3.8) is 0 Å². The number of benzene rings is 1. The van der Waals surface area contributed by atoms with Gasteiger partial charge in [-0.15, -0.1) is 0 Å². The van der Waals surface area contributed by atoms with Crippen LogP contribution < -0.4 is 5.32 Å². The number of amides is 1. The van der Waals surface area contributed by atoms with Crippen LogP contribution in [-0.2, 0) is 16.0 Å². The summed E-state index contributed by atoms with van der Waals surface area (Å²) in [6.45, 7) is 3.55. The van der Waals surface area contributed by atoms with Gasteiger partial charge in [-0.2, -0.15) is 0 Å². The number of nitrogens with zero attached hydrogens (tertiary/aromatic N) is 1. The molecule has 3 aromatic rings. The molecule has 0 aliphatic carbocycles. The monoisotopic (exact) mass is 377 g/mol.